The molecule has 0 aliphatic heterocycles. The summed E-state index contributed by atoms with van der Waals surface area (Å²) in [7, 11) is 1.87. The molecule has 84 valence electrons. The highest BCUT2D eigenvalue weighted by Crippen LogP contribution is 2.11. The monoisotopic (exact) mass is 211 g/mol. The van der Waals surface area contributed by atoms with Crippen molar-refractivity contribution in [3.63, 3.8) is 0 Å². The molecule has 0 bridgehead atoms. The van der Waals surface area contributed by atoms with Gasteiger partial charge in [-0.3, -0.25) is 4.90 Å². The lowest BCUT2D eigenvalue weighted by molar-refractivity contribution is 0.0648. The number of hydrogen-bond donors (Lipinski definition) is 3. The molecule has 0 aromatic heterocycles. The molecule has 1 unspecified atom stereocenters. The number of phenolic OH excluding ortho intramolecular Hbond substituents is 1. The van der Waals surface area contributed by atoms with Crippen LogP contribution < -0.4 is 0 Å². The van der Waals surface area contributed by atoms with Crippen LogP contribution in [0, 0.1) is 0 Å². The lowest BCUT2D eigenvalue weighted by atomic mass is 10.2. The number of phenols is 1. The average Bonchev–Trinajstić information content (AvgIpc) is 2.21. The standard InChI is InChI=1S/C11H17NO3/c1-12(7-11(15)8-13)6-9-2-4-10(14)5-3-9/h2-5,11,13-15H,6-8H2,1H3. The van der Waals surface area contributed by atoms with Crippen molar-refractivity contribution < 1.29 is 15.3 Å². The molecule has 0 amide bonds. The third-order valence-electron chi connectivity index (χ3n) is 2.12. The number of rotatable bonds is 5. The van der Waals surface area contributed by atoms with Crippen LogP contribution in [0.2, 0.25) is 0 Å². The van der Waals surface area contributed by atoms with Crippen molar-refractivity contribution in [2.24, 2.45) is 0 Å². The molecule has 0 fully saturated rings. The molecular weight excluding hydrogens is 194 g/mol. The molecule has 0 saturated heterocycles. The molecular formula is C11H17NO3. The first-order chi connectivity index (χ1) is 7.11. The normalized spacial score (nSPS) is 13.1. The van der Waals surface area contributed by atoms with E-state index in [9.17, 15) is 5.11 Å². The Hall–Kier alpha value is -1.10. The molecule has 4 heteroatoms. The summed E-state index contributed by atoms with van der Waals surface area (Å²) < 4.78 is 0. The van der Waals surface area contributed by atoms with Crippen LogP contribution in [0.15, 0.2) is 24.3 Å². The van der Waals surface area contributed by atoms with Gasteiger partial charge in [0.1, 0.15) is 5.75 Å². The summed E-state index contributed by atoms with van der Waals surface area (Å²) in [5.41, 5.74) is 1.06. The van der Waals surface area contributed by atoms with E-state index in [4.69, 9.17) is 10.2 Å². The molecule has 1 aromatic rings. The number of likely N-dealkylation sites (N-methyl/N-ethyl adjacent to an activating group) is 1. The first-order valence-corrected chi connectivity index (χ1v) is 4.87. The summed E-state index contributed by atoms with van der Waals surface area (Å²) in [5, 5.41) is 27.0. The molecule has 0 heterocycles. The van der Waals surface area contributed by atoms with Crippen molar-refractivity contribution in [1.82, 2.24) is 4.90 Å². The van der Waals surface area contributed by atoms with E-state index in [2.05, 4.69) is 0 Å². The topological polar surface area (TPSA) is 63.9 Å². The van der Waals surface area contributed by atoms with Crippen molar-refractivity contribution in [2.75, 3.05) is 20.2 Å². The Morgan fingerprint density at radius 3 is 2.40 bits per heavy atom. The van der Waals surface area contributed by atoms with Gasteiger partial charge in [-0.05, 0) is 24.7 Å². The summed E-state index contributed by atoms with van der Waals surface area (Å²) in [5.74, 6) is 0.247. The minimum Gasteiger partial charge on any atom is -0.508 e. The number of aliphatic hydroxyl groups is 2. The minimum atomic E-state index is -0.702. The van der Waals surface area contributed by atoms with Crippen LogP contribution in [-0.4, -0.2) is 46.5 Å². The van der Waals surface area contributed by atoms with Gasteiger partial charge in [-0.1, -0.05) is 12.1 Å². The van der Waals surface area contributed by atoms with Crippen molar-refractivity contribution in [2.45, 2.75) is 12.6 Å². The zero-order valence-corrected chi connectivity index (χ0v) is 8.80. The van der Waals surface area contributed by atoms with E-state index in [0.717, 1.165) is 5.56 Å². The fourth-order valence-corrected chi connectivity index (χ4v) is 1.40. The van der Waals surface area contributed by atoms with Gasteiger partial charge in [-0.2, -0.15) is 0 Å². The fourth-order valence-electron chi connectivity index (χ4n) is 1.40. The number of aliphatic hydroxyl groups excluding tert-OH is 2. The molecule has 1 rings (SSSR count). The maximum absolute atomic E-state index is 9.22. The molecule has 0 radical (unpaired) electrons. The van der Waals surface area contributed by atoms with E-state index in [1.807, 2.05) is 24.1 Å². The van der Waals surface area contributed by atoms with Gasteiger partial charge in [-0.25, -0.2) is 0 Å². The average molecular weight is 211 g/mol. The third kappa shape index (κ3) is 4.29. The fraction of sp³-hybridized carbons (Fsp3) is 0.455. The zero-order valence-electron chi connectivity index (χ0n) is 8.80. The van der Waals surface area contributed by atoms with E-state index in [0.29, 0.717) is 13.1 Å². The maximum Gasteiger partial charge on any atom is 0.115 e. The second-order valence-electron chi connectivity index (χ2n) is 3.70. The van der Waals surface area contributed by atoms with Gasteiger partial charge < -0.3 is 15.3 Å². The van der Waals surface area contributed by atoms with Crippen LogP contribution in [0.1, 0.15) is 5.56 Å². The maximum atomic E-state index is 9.22. The molecule has 0 saturated carbocycles. The smallest absolute Gasteiger partial charge is 0.115 e. The van der Waals surface area contributed by atoms with Gasteiger partial charge in [0.2, 0.25) is 0 Å². The molecule has 0 spiro atoms. The van der Waals surface area contributed by atoms with Gasteiger partial charge in [0.15, 0.2) is 0 Å². The summed E-state index contributed by atoms with van der Waals surface area (Å²) in [6, 6.07) is 6.92. The SMILES string of the molecule is CN(Cc1ccc(O)cc1)CC(O)CO. The molecule has 0 aliphatic rings. The summed E-state index contributed by atoms with van der Waals surface area (Å²) in [6.07, 6.45) is -0.702. The van der Waals surface area contributed by atoms with Crippen LogP contribution in [0.4, 0.5) is 0 Å². The zero-order chi connectivity index (χ0) is 11.3. The molecule has 4 nitrogen and oxygen atoms in total. The van der Waals surface area contributed by atoms with Gasteiger partial charge >= 0.3 is 0 Å². The first kappa shape index (κ1) is 12.0. The number of benzene rings is 1. The lowest BCUT2D eigenvalue weighted by Crippen LogP contribution is -2.30. The predicted molar refractivity (Wildman–Crippen MR) is 57.5 cm³/mol. The molecule has 0 aliphatic carbocycles. The largest absolute Gasteiger partial charge is 0.508 e. The lowest BCUT2D eigenvalue weighted by Gasteiger charge is -2.19. The minimum absolute atomic E-state index is 0.222. The summed E-state index contributed by atoms with van der Waals surface area (Å²) >= 11 is 0. The quantitative estimate of drug-likeness (QED) is 0.650. The van der Waals surface area contributed by atoms with Crippen LogP contribution in [0.3, 0.4) is 0 Å². The second kappa shape index (κ2) is 5.70. The highest BCUT2D eigenvalue weighted by molar-refractivity contribution is 5.25. The van der Waals surface area contributed by atoms with Gasteiger partial charge in [-0.15, -0.1) is 0 Å². The summed E-state index contributed by atoms with van der Waals surface area (Å²) in [4.78, 5) is 1.91. The Kier molecular flexibility index (Phi) is 4.55. The molecule has 3 N–H and O–H groups in total. The number of nitrogens with zero attached hydrogens (tertiary/aromatic N) is 1. The van der Waals surface area contributed by atoms with E-state index < -0.39 is 6.10 Å². The Labute approximate surface area is 89.4 Å². The van der Waals surface area contributed by atoms with Gasteiger partial charge in [0, 0.05) is 13.1 Å². The number of aromatic hydroxyl groups is 1. The van der Waals surface area contributed by atoms with E-state index >= 15 is 0 Å². The van der Waals surface area contributed by atoms with E-state index in [1.165, 1.54) is 0 Å². The Morgan fingerprint density at radius 1 is 1.27 bits per heavy atom. The van der Waals surface area contributed by atoms with Crippen LogP contribution in [0.25, 0.3) is 0 Å². The van der Waals surface area contributed by atoms with Crippen molar-refractivity contribution >= 4 is 0 Å². The van der Waals surface area contributed by atoms with Crippen molar-refractivity contribution in [3.8, 4) is 5.75 Å². The van der Waals surface area contributed by atoms with Gasteiger partial charge in [0.05, 0.1) is 12.7 Å². The van der Waals surface area contributed by atoms with E-state index in [-0.39, 0.29) is 12.4 Å². The van der Waals surface area contributed by atoms with Crippen LogP contribution >= 0.6 is 0 Å². The Balaban J connectivity index is 2.44. The number of hydrogen-bond acceptors (Lipinski definition) is 4. The molecule has 1 aromatic carbocycles. The predicted octanol–water partition coefficient (Wildman–Crippen LogP) is 0.177. The van der Waals surface area contributed by atoms with Gasteiger partial charge in [0.25, 0.3) is 0 Å². The Morgan fingerprint density at radius 2 is 1.87 bits per heavy atom. The highest BCUT2D eigenvalue weighted by Gasteiger charge is 2.06. The van der Waals surface area contributed by atoms with Crippen molar-refractivity contribution in [1.29, 1.82) is 0 Å². The third-order valence-corrected chi connectivity index (χ3v) is 2.12. The van der Waals surface area contributed by atoms with E-state index in [1.54, 1.807) is 12.1 Å². The highest BCUT2D eigenvalue weighted by atomic mass is 16.3. The second-order valence-corrected chi connectivity index (χ2v) is 3.70. The first-order valence-electron chi connectivity index (χ1n) is 4.87. The van der Waals surface area contributed by atoms with Crippen LogP contribution in [-0.2, 0) is 6.54 Å². The summed E-state index contributed by atoms with van der Waals surface area (Å²) in [6.45, 7) is 0.884. The molecule has 15 heavy (non-hydrogen) atoms. The Bertz CT molecular complexity index is 286. The molecule has 1 atom stereocenters. The van der Waals surface area contributed by atoms with Crippen LogP contribution in [0.5, 0.6) is 5.75 Å². The van der Waals surface area contributed by atoms with Crippen molar-refractivity contribution in [3.05, 3.63) is 29.8 Å².